The monoisotopic (exact) mass is 230 g/mol. The van der Waals surface area contributed by atoms with Gasteiger partial charge in [-0.05, 0) is 12.8 Å². The Kier molecular flexibility index (Phi) is 10.0. The van der Waals surface area contributed by atoms with Gasteiger partial charge in [0, 0.05) is 13.5 Å². The van der Waals surface area contributed by atoms with Crippen LogP contribution in [0, 0.1) is 0 Å². The molecule has 0 aromatic rings. The molecule has 0 unspecified atom stereocenters. The normalized spacial score (nSPS) is 12.0. The standard InChI is InChI=1S/C14H32NO/c1-5-6-7-8-9-10-12-15(2,3)13-11-14-16-4/h5-14H2,1-4H3/q+1. The minimum absolute atomic E-state index is 0.901. The summed E-state index contributed by atoms with van der Waals surface area (Å²) >= 11 is 0. The predicted octanol–water partition coefficient (Wildman–Crippen LogP) is 3.46. The Balaban J connectivity index is 3.35. The van der Waals surface area contributed by atoms with Crippen molar-refractivity contribution in [3.8, 4) is 0 Å². The topological polar surface area (TPSA) is 9.23 Å². The molecule has 0 N–H and O–H groups in total. The summed E-state index contributed by atoms with van der Waals surface area (Å²) in [5, 5.41) is 0. The highest BCUT2D eigenvalue weighted by Crippen LogP contribution is 2.08. The lowest BCUT2D eigenvalue weighted by Gasteiger charge is -2.29. The third-order valence-electron chi connectivity index (χ3n) is 3.23. The maximum atomic E-state index is 5.10. The van der Waals surface area contributed by atoms with Gasteiger partial charge in [0.05, 0.1) is 33.8 Å². The molecule has 0 amide bonds. The molecule has 0 saturated heterocycles. The highest BCUT2D eigenvalue weighted by molar-refractivity contribution is 4.44. The fourth-order valence-corrected chi connectivity index (χ4v) is 2.07. The first kappa shape index (κ1) is 15.9. The number of unbranched alkanes of at least 4 members (excludes halogenated alkanes) is 5. The predicted molar refractivity (Wildman–Crippen MR) is 71.7 cm³/mol. The maximum absolute atomic E-state index is 5.10. The van der Waals surface area contributed by atoms with Crippen LogP contribution >= 0.6 is 0 Å². The second kappa shape index (κ2) is 10.1. The molecule has 0 heterocycles. The second-order valence-electron chi connectivity index (χ2n) is 5.50. The van der Waals surface area contributed by atoms with Crippen molar-refractivity contribution in [1.82, 2.24) is 0 Å². The molecule has 0 aromatic carbocycles. The lowest BCUT2D eigenvalue weighted by molar-refractivity contribution is -0.890. The van der Waals surface area contributed by atoms with Gasteiger partial charge < -0.3 is 9.22 Å². The molecule has 0 saturated carbocycles. The largest absolute Gasteiger partial charge is 0.384 e. The Morgan fingerprint density at radius 1 is 0.812 bits per heavy atom. The van der Waals surface area contributed by atoms with Crippen LogP contribution in [0.5, 0.6) is 0 Å². The quantitative estimate of drug-likeness (QED) is 0.390. The average molecular weight is 230 g/mol. The van der Waals surface area contributed by atoms with E-state index in [-0.39, 0.29) is 0 Å². The van der Waals surface area contributed by atoms with E-state index in [0.717, 1.165) is 11.1 Å². The average Bonchev–Trinajstić information content (AvgIpc) is 2.23. The van der Waals surface area contributed by atoms with Crippen molar-refractivity contribution < 1.29 is 9.22 Å². The van der Waals surface area contributed by atoms with E-state index in [4.69, 9.17) is 4.74 Å². The number of ether oxygens (including phenoxy) is 1. The number of rotatable bonds is 11. The summed E-state index contributed by atoms with van der Waals surface area (Å²) in [5.74, 6) is 0. The van der Waals surface area contributed by atoms with Gasteiger partial charge in [0.2, 0.25) is 0 Å². The van der Waals surface area contributed by atoms with Gasteiger partial charge >= 0.3 is 0 Å². The zero-order valence-corrected chi connectivity index (χ0v) is 11.9. The Hall–Kier alpha value is -0.0800. The van der Waals surface area contributed by atoms with Gasteiger partial charge in [-0.25, -0.2) is 0 Å². The Labute approximate surface area is 103 Å². The van der Waals surface area contributed by atoms with Gasteiger partial charge in [0.25, 0.3) is 0 Å². The molecule has 16 heavy (non-hydrogen) atoms. The number of quaternary nitrogens is 1. The van der Waals surface area contributed by atoms with Crippen molar-refractivity contribution in [3.63, 3.8) is 0 Å². The molecule has 0 atom stereocenters. The molecular weight excluding hydrogens is 198 g/mol. The maximum Gasteiger partial charge on any atom is 0.0804 e. The first-order valence-electron chi connectivity index (χ1n) is 6.93. The molecule has 2 nitrogen and oxygen atoms in total. The van der Waals surface area contributed by atoms with Crippen LogP contribution in [-0.2, 0) is 4.74 Å². The molecule has 2 heteroatoms. The molecule has 0 spiro atoms. The smallest absolute Gasteiger partial charge is 0.0804 e. The van der Waals surface area contributed by atoms with E-state index in [9.17, 15) is 0 Å². The minimum Gasteiger partial charge on any atom is -0.384 e. The van der Waals surface area contributed by atoms with E-state index in [1.54, 1.807) is 7.11 Å². The molecule has 0 fully saturated rings. The van der Waals surface area contributed by atoms with Gasteiger partial charge in [-0.3, -0.25) is 0 Å². The summed E-state index contributed by atoms with van der Waals surface area (Å²) in [5.41, 5.74) is 0. The number of nitrogens with zero attached hydrogens (tertiary/aromatic N) is 1. The molecule has 0 aliphatic rings. The van der Waals surface area contributed by atoms with E-state index in [0.29, 0.717) is 0 Å². The molecule has 0 bridgehead atoms. The molecule has 0 rings (SSSR count). The van der Waals surface area contributed by atoms with Crippen LogP contribution in [0.4, 0.5) is 0 Å². The van der Waals surface area contributed by atoms with Gasteiger partial charge in [-0.1, -0.05) is 32.6 Å². The van der Waals surface area contributed by atoms with Crippen LogP contribution in [0.3, 0.4) is 0 Å². The van der Waals surface area contributed by atoms with Crippen molar-refractivity contribution in [2.45, 2.75) is 51.9 Å². The third kappa shape index (κ3) is 10.4. The number of hydrogen-bond acceptors (Lipinski definition) is 1. The summed E-state index contributed by atoms with van der Waals surface area (Å²) in [4.78, 5) is 0. The fourth-order valence-electron chi connectivity index (χ4n) is 2.07. The third-order valence-corrected chi connectivity index (χ3v) is 3.23. The highest BCUT2D eigenvalue weighted by atomic mass is 16.5. The molecule has 98 valence electrons. The molecule has 0 aliphatic heterocycles. The zero-order valence-electron chi connectivity index (χ0n) is 11.9. The lowest BCUT2D eigenvalue weighted by atomic mass is 10.1. The Morgan fingerprint density at radius 2 is 1.38 bits per heavy atom. The van der Waals surface area contributed by atoms with E-state index < -0.39 is 0 Å². The van der Waals surface area contributed by atoms with E-state index >= 15 is 0 Å². The number of methoxy groups -OCH3 is 1. The molecular formula is C14H32NO+. The van der Waals surface area contributed by atoms with E-state index in [2.05, 4.69) is 21.0 Å². The van der Waals surface area contributed by atoms with Crippen molar-refractivity contribution in [1.29, 1.82) is 0 Å². The summed E-state index contributed by atoms with van der Waals surface area (Å²) in [6, 6.07) is 0. The summed E-state index contributed by atoms with van der Waals surface area (Å²) in [6.45, 7) is 5.73. The Morgan fingerprint density at radius 3 is 2.00 bits per heavy atom. The van der Waals surface area contributed by atoms with Crippen molar-refractivity contribution in [2.75, 3.05) is 40.9 Å². The van der Waals surface area contributed by atoms with E-state index in [1.165, 1.54) is 58.0 Å². The summed E-state index contributed by atoms with van der Waals surface area (Å²) in [6.07, 6.45) is 9.57. The van der Waals surface area contributed by atoms with Crippen LogP contribution in [0.2, 0.25) is 0 Å². The first-order valence-corrected chi connectivity index (χ1v) is 6.93. The van der Waals surface area contributed by atoms with Gasteiger partial charge in [-0.15, -0.1) is 0 Å². The van der Waals surface area contributed by atoms with Crippen LogP contribution in [0.15, 0.2) is 0 Å². The van der Waals surface area contributed by atoms with Crippen molar-refractivity contribution >= 4 is 0 Å². The SMILES string of the molecule is CCCCCCCC[N+](C)(C)CCCOC. The van der Waals surface area contributed by atoms with E-state index in [1.807, 2.05) is 0 Å². The van der Waals surface area contributed by atoms with Crippen molar-refractivity contribution in [3.05, 3.63) is 0 Å². The van der Waals surface area contributed by atoms with Crippen LogP contribution in [-0.4, -0.2) is 45.4 Å². The summed E-state index contributed by atoms with van der Waals surface area (Å²) in [7, 11) is 6.46. The molecule has 0 radical (unpaired) electrons. The first-order chi connectivity index (χ1) is 7.62. The molecule has 0 aliphatic carbocycles. The van der Waals surface area contributed by atoms with Crippen LogP contribution < -0.4 is 0 Å². The Bertz CT molecular complexity index is 146. The highest BCUT2D eigenvalue weighted by Gasteiger charge is 2.13. The summed E-state index contributed by atoms with van der Waals surface area (Å²) < 4.78 is 6.25. The van der Waals surface area contributed by atoms with Crippen LogP contribution in [0.1, 0.15) is 51.9 Å². The van der Waals surface area contributed by atoms with Crippen LogP contribution in [0.25, 0.3) is 0 Å². The zero-order chi connectivity index (χ0) is 12.3. The molecule has 0 aromatic heterocycles. The van der Waals surface area contributed by atoms with Crippen molar-refractivity contribution in [2.24, 2.45) is 0 Å². The lowest BCUT2D eigenvalue weighted by Crippen LogP contribution is -2.41. The van der Waals surface area contributed by atoms with Gasteiger partial charge in [0.15, 0.2) is 0 Å². The van der Waals surface area contributed by atoms with Gasteiger partial charge in [0.1, 0.15) is 0 Å². The second-order valence-corrected chi connectivity index (χ2v) is 5.50. The fraction of sp³-hybridized carbons (Fsp3) is 1.00. The minimum atomic E-state index is 0.901. The number of hydrogen-bond donors (Lipinski definition) is 0. The van der Waals surface area contributed by atoms with Gasteiger partial charge in [-0.2, -0.15) is 0 Å².